The highest BCUT2D eigenvalue weighted by Gasteiger charge is 2.12. The van der Waals surface area contributed by atoms with Gasteiger partial charge in [-0.3, -0.25) is 4.79 Å². The van der Waals surface area contributed by atoms with E-state index in [-0.39, 0.29) is 5.91 Å². The zero-order chi connectivity index (χ0) is 10.8. The third kappa shape index (κ3) is 2.28. The lowest BCUT2D eigenvalue weighted by molar-refractivity contribution is 0.0944. The third-order valence-corrected chi connectivity index (χ3v) is 3.21. The first-order valence-electron chi connectivity index (χ1n) is 4.18. The summed E-state index contributed by atoms with van der Waals surface area (Å²) < 4.78 is 3.04. The SMILES string of the molecule is O=C(c1ccccc1I)n1cc(Br)cn1. The number of halogens is 2. The van der Waals surface area contributed by atoms with Gasteiger partial charge >= 0.3 is 0 Å². The van der Waals surface area contributed by atoms with Gasteiger partial charge < -0.3 is 0 Å². The monoisotopic (exact) mass is 376 g/mol. The molecule has 0 aliphatic heterocycles. The molecule has 0 saturated carbocycles. The predicted molar refractivity (Wildman–Crippen MR) is 68.8 cm³/mol. The molecule has 0 saturated heterocycles. The molecule has 0 amide bonds. The molecule has 76 valence electrons. The molecule has 2 rings (SSSR count). The van der Waals surface area contributed by atoms with Crippen LogP contribution in [0.3, 0.4) is 0 Å². The molecule has 0 aliphatic rings. The standard InChI is InChI=1S/C10H6BrIN2O/c11-7-5-13-14(6-7)10(15)8-3-1-2-4-9(8)12/h1-6H. The predicted octanol–water partition coefficient (Wildman–Crippen LogP) is 2.94. The van der Waals surface area contributed by atoms with Gasteiger partial charge in [-0.15, -0.1) is 0 Å². The summed E-state index contributed by atoms with van der Waals surface area (Å²) in [7, 11) is 0. The summed E-state index contributed by atoms with van der Waals surface area (Å²) in [6, 6.07) is 7.43. The minimum atomic E-state index is -0.120. The van der Waals surface area contributed by atoms with Gasteiger partial charge in [0.15, 0.2) is 0 Å². The van der Waals surface area contributed by atoms with Crippen molar-refractivity contribution in [3.05, 3.63) is 50.3 Å². The second-order valence-corrected chi connectivity index (χ2v) is 4.97. The molecule has 0 unspecified atom stereocenters. The summed E-state index contributed by atoms with van der Waals surface area (Å²) in [5.41, 5.74) is 0.661. The lowest BCUT2D eigenvalue weighted by Gasteiger charge is -2.02. The average Bonchev–Trinajstić information content (AvgIpc) is 2.65. The van der Waals surface area contributed by atoms with Crippen LogP contribution in [0.25, 0.3) is 0 Å². The highest BCUT2D eigenvalue weighted by Crippen LogP contribution is 2.14. The van der Waals surface area contributed by atoms with Crippen molar-refractivity contribution < 1.29 is 4.79 Å². The molecule has 3 nitrogen and oxygen atoms in total. The topological polar surface area (TPSA) is 34.9 Å². The molecule has 0 radical (unpaired) electrons. The van der Waals surface area contributed by atoms with Crippen LogP contribution >= 0.6 is 38.5 Å². The highest BCUT2D eigenvalue weighted by atomic mass is 127. The van der Waals surface area contributed by atoms with Crippen molar-refractivity contribution in [2.75, 3.05) is 0 Å². The molecular weight excluding hydrogens is 371 g/mol. The average molecular weight is 377 g/mol. The normalized spacial score (nSPS) is 10.3. The smallest absolute Gasteiger partial charge is 0.267 e. The maximum absolute atomic E-state index is 12.0. The Bertz CT molecular complexity index is 510. The van der Waals surface area contributed by atoms with Crippen LogP contribution in [0.15, 0.2) is 41.1 Å². The molecule has 0 fully saturated rings. The fourth-order valence-electron chi connectivity index (χ4n) is 1.17. The molecular formula is C10H6BrIN2O. The van der Waals surface area contributed by atoms with E-state index in [1.54, 1.807) is 18.5 Å². The number of carbonyl (C=O) groups is 1. The van der Waals surface area contributed by atoms with Gasteiger partial charge in [-0.2, -0.15) is 5.10 Å². The van der Waals surface area contributed by atoms with E-state index in [9.17, 15) is 4.79 Å². The van der Waals surface area contributed by atoms with Crippen molar-refractivity contribution in [1.29, 1.82) is 0 Å². The number of nitrogens with zero attached hydrogens (tertiary/aromatic N) is 2. The van der Waals surface area contributed by atoms with Crippen LogP contribution in [0, 0.1) is 3.57 Å². The second-order valence-electron chi connectivity index (χ2n) is 2.89. The molecule has 0 N–H and O–H groups in total. The van der Waals surface area contributed by atoms with Gasteiger partial charge in [0.05, 0.1) is 16.2 Å². The van der Waals surface area contributed by atoms with E-state index in [4.69, 9.17) is 0 Å². The quantitative estimate of drug-likeness (QED) is 0.717. The van der Waals surface area contributed by atoms with E-state index < -0.39 is 0 Å². The Labute approximate surface area is 109 Å². The van der Waals surface area contributed by atoms with Crippen LogP contribution in [0.1, 0.15) is 10.4 Å². The van der Waals surface area contributed by atoms with Crippen LogP contribution in [0.5, 0.6) is 0 Å². The second kappa shape index (κ2) is 4.44. The molecule has 1 aromatic heterocycles. The van der Waals surface area contributed by atoms with Gasteiger partial charge in [0.25, 0.3) is 5.91 Å². The van der Waals surface area contributed by atoms with E-state index in [2.05, 4.69) is 43.6 Å². The molecule has 1 heterocycles. The Balaban J connectivity index is 2.41. The Morgan fingerprint density at radius 3 is 2.73 bits per heavy atom. The fraction of sp³-hybridized carbons (Fsp3) is 0. The number of aromatic nitrogens is 2. The summed E-state index contributed by atoms with van der Waals surface area (Å²) in [5.74, 6) is -0.120. The van der Waals surface area contributed by atoms with E-state index in [0.717, 1.165) is 8.04 Å². The molecule has 0 spiro atoms. The number of benzene rings is 1. The zero-order valence-electron chi connectivity index (χ0n) is 7.52. The van der Waals surface area contributed by atoms with Crippen LogP contribution < -0.4 is 0 Å². The Kier molecular flexibility index (Phi) is 3.20. The summed E-state index contributed by atoms with van der Waals surface area (Å²) in [4.78, 5) is 12.0. The van der Waals surface area contributed by atoms with E-state index in [1.807, 2.05) is 18.2 Å². The summed E-state index contributed by atoms with van der Waals surface area (Å²) in [6.07, 6.45) is 3.24. The van der Waals surface area contributed by atoms with Crippen LogP contribution in [-0.2, 0) is 0 Å². The lowest BCUT2D eigenvalue weighted by atomic mass is 10.2. The molecule has 5 heteroatoms. The van der Waals surface area contributed by atoms with Crippen molar-refractivity contribution in [2.45, 2.75) is 0 Å². The molecule has 2 aromatic rings. The first-order valence-corrected chi connectivity index (χ1v) is 6.05. The molecule has 0 bridgehead atoms. The van der Waals surface area contributed by atoms with Gasteiger partial charge in [-0.25, -0.2) is 4.68 Å². The lowest BCUT2D eigenvalue weighted by Crippen LogP contribution is -2.13. The van der Waals surface area contributed by atoms with Crippen molar-refractivity contribution in [1.82, 2.24) is 9.78 Å². The number of carbonyl (C=O) groups excluding carboxylic acids is 1. The number of rotatable bonds is 1. The van der Waals surface area contributed by atoms with E-state index in [1.165, 1.54) is 4.68 Å². The maximum atomic E-state index is 12.0. The Morgan fingerprint density at radius 2 is 2.13 bits per heavy atom. The van der Waals surface area contributed by atoms with E-state index in [0.29, 0.717) is 5.56 Å². The van der Waals surface area contributed by atoms with Crippen molar-refractivity contribution in [2.24, 2.45) is 0 Å². The minimum Gasteiger partial charge on any atom is -0.267 e. The van der Waals surface area contributed by atoms with Gasteiger partial charge in [0.1, 0.15) is 0 Å². The van der Waals surface area contributed by atoms with Crippen LogP contribution in [0.2, 0.25) is 0 Å². The molecule has 0 aliphatic carbocycles. The third-order valence-electron chi connectivity index (χ3n) is 1.86. The maximum Gasteiger partial charge on any atom is 0.279 e. The first-order chi connectivity index (χ1) is 7.18. The van der Waals surface area contributed by atoms with Crippen molar-refractivity contribution in [3.8, 4) is 0 Å². The summed E-state index contributed by atoms with van der Waals surface area (Å²) >= 11 is 5.39. The fourth-order valence-corrected chi connectivity index (χ4v) is 2.07. The first kappa shape index (κ1) is 10.8. The van der Waals surface area contributed by atoms with E-state index >= 15 is 0 Å². The van der Waals surface area contributed by atoms with Crippen molar-refractivity contribution in [3.63, 3.8) is 0 Å². The van der Waals surface area contributed by atoms with Gasteiger partial charge in [0, 0.05) is 9.77 Å². The van der Waals surface area contributed by atoms with Gasteiger partial charge in [-0.1, -0.05) is 12.1 Å². The van der Waals surface area contributed by atoms with Crippen molar-refractivity contribution >= 4 is 44.4 Å². The summed E-state index contributed by atoms with van der Waals surface area (Å²) in [5, 5.41) is 3.95. The number of hydrogen-bond acceptors (Lipinski definition) is 2. The Morgan fingerprint density at radius 1 is 1.40 bits per heavy atom. The van der Waals surface area contributed by atoms with Gasteiger partial charge in [-0.05, 0) is 50.7 Å². The zero-order valence-corrected chi connectivity index (χ0v) is 11.3. The highest BCUT2D eigenvalue weighted by molar-refractivity contribution is 14.1. The molecule has 0 atom stereocenters. The minimum absolute atomic E-state index is 0.120. The van der Waals surface area contributed by atoms with Crippen LogP contribution in [-0.4, -0.2) is 15.7 Å². The molecule has 1 aromatic carbocycles. The van der Waals surface area contributed by atoms with Gasteiger partial charge in [0.2, 0.25) is 0 Å². The van der Waals surface area contributed by atoms with Crippen LogP contribution in [0.4, 0.5) is 0 Å². The Hall–Kier alpha value is -0.690. The number of hydrogen-bond donors (Lipinski definition) is 0. The largest absolute Gasteiger partial charge is 0.279 e. The molecule has 15 heavy (non-hydrogen) atoms. The summed E-state index contributed by atoms with van der Waals surface area (Å²) in [6.45, 7) is 0.